The zero-order valence-electron chi connectivity index (χ0n) is 19.1. The third kappa shape index (κ3) is 4.57. The number of carbonyl (C=O) groups is 1. The van der Waals surface area contributed by atoms with Crippen molar-refractivity contribution >= 4 is 21.6 Å². The minimum absolute atomic E-state index is 0.0202. The maximum absolute atomic E-state index is 13.7. The predicted octanol–water partition coefficient (Wildman–Crippen LogP) is 3.47. The van der Waals surface area contributed by atoms with E-state index in [9.17, 15) is 13.2 Å². The molecule has 9 heteroatoms. The van der Waals surface area contributed by atoms with E-state index < -0.39 is 22.0 Å². The van der Waals surface area contributed by atoms with Gasteiger partial charge in [0.05, 0.1) is 26.2 Å². The highest BCUT2D eigenvalue weighted by atomic mass is 32.2. The van der Waals surface area contributed by atoms with E-state index in [1.807, 2.05) is 24.3 Å². The van der Waals surface area contributed by atoms with Crippen LogP contribution in [-0.2, 0) is 27.8 Å². The number of nitrogens with zero attached hydrogens (tertiary/aromatic N) is 1. The summed E-state index contributed by atoms with van der Waals surface area (Å²) in [5, 5.41) is 2.84. The van der Waals surface area contributed by atoms with Gasteiger partial charge in [0, 0.05) is 18.3 Å². The molecule has 1 amide bonds. The largest absolute Gasteiger partial charge is 0.497 e. The van der Waals surface area contributed by atoms with Crippen LogP contribution in [0.15, 0.2) is 71.6 Å². The molecule has 0 spiro atoms. The molecule has 1 N–H and O–H groups in total. The van der Waals surface area contributed by atoms with Gasteiger partial charge in [0.1, 0.15) is 11.8 Å². The van der Waals surface area contributed by atoms with Crippen LogP contribution in [0.4, 0.5) is 5.69 Å². The number of ether oxygens (including phenoxy) is 3. The molecule has 1 aliphatic rings. The number of sulfonamides is 1. The number of benzene rings is 3. The van der Waals surface area contributed by atoms with E-state index in [4.69, 9.17) is 14.2 Å². The van der Waals surface area contributed by atoms with Crippen molar-refractivity contribution in [2.45, 2.75) is 23.9 Å². The van der Waals surface area contributed by atoms with E-state index in [0.29, 0.717) is 22.9 Å². The molecule has 178 valence electrons. The molecule has 4 rings (SSSR count). The lowest BCUT2D eigenvalue weighted by atomic mass is 9.95. The van der Waals surface area contributed by atoms with Gasteiger partial charge in [-0.3, -0.25) is 4.79 Å². The zero-order chi connectivity index (χ0) is 24.3. The molecule has 8 nitrogen and oxygen atoms in total. The lowest BCUT2D eigenvalue weighted by molar-refractivity contribution is -0.120. The Morgan fingerprint density at radius 1 is 0.882 bits per heavy atom. The first-order valence-electron chi connectivity index (χ1n) is 10.6. The second-order valence-corrected chi connectivity index (χ2v) is 9.66. The highest BCUT2D eigenvalue weighted by molar-refractivity contribution is 7.89. The van der Waals surface area contributed by atoms with Gasteiger partial charge in [0.2, 0.25) is 15.9 Å². The minimum atomic E-state index is -4.04. The molecule has 1 atom stereocenters. The summed E-state index contributed by atoms with van der Waals surface area (Å²) in [6.45, 7) is 0.0769. The third-order valence-corrected chi connectivity index (χ3v) is 7.68. The number of nitrogens with one attached hydrogen (secondary N) is 1. The number of methoxy groups -OCH3 is 3. The van der Waals surface area contributed by atoms with E-state index in [0.717, 1.165) is 11.1 Å². The second-order valence-electron chi connectivity index (χ2n) is 7.77. The molecule has 0 aliphatic carbocycles. The van der Waals surface area contributed by atoms with Crippen molar-refractivity contribution in [3.8, 4) is 17.2 Å². The van der Waals surface area contributed by atoms with Crippen LogP contribution in [0.1, 0.15) is 11.1 Å². The minimum Gasteiger partial charge on any atom is -0.497 e. The van der Waals surface area contributed by atoms with Gasteiger partial charge in [-0.25, -0.2) is 8.42 Å². The lowest BCUT2D eigenvalue weighted by Crippen LogP contribution is -2.50. The molecule has 1 aliphatic heterocycles. The lowest BCUT2D eigenvalue weighted by Gasteiger charge is -2.35. The van der Waals surface area contributed by atoms with Crippen LogP contribution < -0.4 is 19.5 Å². The van der Waals surface area contributed by atoms with Gasteiger partial charge in [0.15, 0.2) is 11.5 Å². The van der Waals surface area contributed by atoms with E-state index in [1.54, 1.807) is 31.4 Å². The summed E-state index contributed by atoms with van der Waals surface area (Å²) in [5.74, 6) is 0.949. The van der Waals surface area contributed by atoms with Crippen LogP contribution in [0.5, 0.6) is 17.2 Å². The molecule has 0 unspecified atom stereocenters. The highest BCUT2D eigenvalue weighted by Crippen LogP contribution is 2.34. The van der Waals surface area contributed by atoms with Crippen LogP contribution in [0, 0.1) is 0 Å². The molecule has 0 saturated carbocycles. The molecule has 0 bridgehead atoms. The molecular weight excluding hydrogens is 456 g/mol. The van der Waals surface area contributed by atoms with Crippen LogP contribution >= 0.6 is 0 Å². The number of hydrogen-bond donors (Lipinski definition) is 1. The number of hydrogen-bond acceptors (Lipinski definition) is 6. The zero-order valence-corrected chi connectivity index (χ0v) is 20.0. The second kappa shape index (κ2) is 9.74. The maximum atomic E-state index is 13.7. The summed E-state index contributed by atoms with van der Waals surface area (Å²) >= 11 is 0. The summed E-state index contributed by atoms with van der Waals surface area (Å²) in [6, 6.07) is 17.9. The molecule has 0 saturated heterocycles. The molecular formula is C25H26N2O6S. The molecule has 3 aromatic carbocycles. The Hall–Kier alpha value is -3.56. The van der Waals surface area contributed by atoms with E-state index in [-0.39, 0.29) is 17.9 Å². The van der Waals surface area contributed by atoms with E-state index in [1.165, 1.54) is 36.7 Å². The molecule has 0 aromatic heterocycles. The van der Waals surface area contributed by atoms with Gasteiger partial charge in [-0.15, -0.1) is 0 Å². The Bertz CT molecular complexity index is 1290. The summed E-state index contributed by atoms with van der Waals surface area (Å²) in [4.78, 5) is 13.4. The number of carbonyl (C=O) groups excluding carboxylic acids is 1. The van der Waals surface area contributed by atoms with Crippen molar-refractivity contribution in [3.63, 3.8) is 0 Å². The Kier molecular flexibility index (Phi) is 6.76. The standard InChI is InChI=1S/C25H26N2O6S/c1-31-20-10-8-19(9-11-20)26-25(28)22-14-17-6-4-5-7-18(17)16-27(22)34(29,30)21-12-13-23(32-2)24(15-21)33-3/h4-13,15,22H,14,16H2,1-3H3,(H,26,28)/t22-/m1/s1. The number of fused-ring (bicyclic) bond motifs is 1. The SMILES string of the molecule is COc1ccc(NC(=O)[C@H]2Cc3ccccc3CN2S(=O)(=O)c2ccc(OC)c(OC)c2)cc1. The highest BCUT2D eigenvalue weighted by Gasteiger charge is 2.40. The van der Waals surface area contributed by atoms with Gasteiger partial charge >= 0.3 is 0 Å². The molecule has 3 aromatic rings. The van der Waals surface area contributed by atoms with Gasteiger partial charge < -0.3 is 19.5 Å². The fourth-order valence-corrected chi connectivity index (χ4v) is 5.57. The fraction of sp³-hybridized carbons (Fsp3) is 0.240. The van der Waals surface area contributed by atoms with Crippen molar-refractivity contribution in [2.75, 3.05) is 26.6 Å². The fourth-order valence-electron chi connectivity index (χ4n) is 3.99. The maximum Gasteiger partial charge on any atom is 0.244 e. The van der Waals surface area contributed by atoms with Crippen LogP contribution in [0.2, 0.25) is 0 Å². The van der Waals surface area contributed by atoms with Crippen LogP contribution in [0.3, 0.4) is 0 Å². The summed E-state index contributed by atoms with van der Waals surface area (Å²) in [6.07, 6.45) is 0.255. The Morgan fingerprint density at radius 3 is 2.21 bits per heavy atom. The van der Waals surface area contributed by atoms with Crippen molar-refractivity contribution in [2.24, 2.45) is 0 Å². The smallest absolute Gasteiger partial charge is 0.244 e. The summed E-state index contributed by atoms with van der Waals surface area (Å²) in [5.41, 5.74) is 2.35. The molecule has 0 radical (unpaired) electrons. The Morgan fingerprint density at radius 2 is 1.56 bits per heavy atom. The predicted molar refractivity (Wildman–Crippen MR) is 128 cm³/mol. The summed E-state index contributed by atoms with van der Waals surface area (Å²) < 4.78 is 44.4. The third-order valence-electron chi connectivity index (χ3n) is 5.83. The van der Waals surface area contributed by atoms with E-state index >= 15 is 0 Å². The van der Waals surface area contributed by atoms with E-state index in [2.05, 4.69) is 5.32 Å². The first kappa shape index (κ1) is 23.6. The first-order valence-corrected chi connectivity index (χ1v) is 12.1. The van der Waals surface area contributed by atoms with Crippen LogP contribution in [-0.4, -0.2) is 46.0 Å². The number of rotatable bonds is 7. The average Bonchev–Trinajstić information content (AvgIpc) is 2.87. The van der Waals surface area contributed by atoms with Crippen molar-refractivity contribution in [3.05, 3.63) is 77.9 Å². The summed E-state index contributed by atoms with van der Waals surface area (Å²) in [7, 11) is 0.437. The van der Waals surface area contributed by atoms with Crippen molar-refractivity contribution in [1.29, 1.82) is 0 Å². The molecule has 0 fully saturated rings. The van der Waals surface area contributed by atoms with Gasteiger partial charge in [0.25, 0.3) is 0 Å². The quantitative estimate of drug-likeness (QED) is 0.554. The van der Waals surface area contributed by atoms with Crippen molar-refractivity contribution < 1.29 is 27.4 Å². The monoisotopic (exact) mass is 482 g/mol. The van der Waals surface area contributed by atoms with Gasteiger partial charge in [-0.2, -0.15) is 4.31 Å². The Balaban J connectivity index is 1.70. The topological polar surface area (TPSA) is 94.2 Å². The van der Waals surface area contributed by atoms with Gasteiger partial charge in [-0.05, 0) is 53.9 Å². The first-order chi connectivity index (χ1) is 16.4. The normalized spacial score (nSPS) is 15.8. The van der Waals surface area contributed by atoms with Crippen molar-refractivity contribution in [1.82, 2.24) is 4.31 Å². The number of anilines is 1. The molecule has 34 heavy (non-hydrogen) atoms. The van der Waals surface area contributed by atoms with Gasteiger partial charge in [-0.1, -0.05) is 24.3 Å². The number of amides is 1. The average molecular weight is 483 g/mol. The molecule has 1 heterocycles. The Labute approximate surface area is 199 Å². The van der Waals surface area contributed by atoms with Crippen LogP contribution in [0.25, 0.3) is 0 Å².